The fraction of sp³-hybridized carbons (Fsp3) is 0. The second kappa shape index (κ2) is 13.5. The molecule has 0 atom stereocenters. The van der Waals surface area contributed by atoms with Crippen LogP contribution in [0.15, 0.2) is 0 Å². The van der Waals surface area contributed by atoms with Crippen LogP contribution in [0.2, 0.25) is 0 Å². The first-order chi connectivity index (χ1) is 8.00. The van der Waals surface area contributed by atoms with Crippen LogP contribution in [0.25, 0.3) is 0 Å². The first-order valence-electron chi connectivity index (χ1n) is 2.79. The normalized spacial score (nSPS) is 11.0. The average molecular weight is 532 g/mol. The van der Waals surface area contributed by atoms with Crippen LogP contribution in [0, 0.1) is 0 Å². The van der Waals surface area contributed by atoms with E-state index in [1.54, 1.807) is 0 Å². The van der Waals surface area contributed by atoms with Crippen molar-refractivity contribution in [2.24, 2.45) is 0 Å². The van der Waals surface area contributed by atoms with Gasteiger partial charge in [-0.15, -0.1) is 0 Å². The van der Waals surface area contributed by atoms with Crippen molar-refractivity contribution in [1.29, 1.82) is 0 Å². The van der Waals surface area contributed by atoms with Gasteiger partial charge in [0.15, 0.2) is 0 Å². The minimum atomic E-state index is -4.67. The topological polar surface area (TPSA) is 298 Å². The van der Waals surface area contributed by atoms with Gasteiger partial charge in [-0.3, -0.25) is 36.4 Å². The van der Waals surface area contributed by atoms with Crippen molar-refractivity contribution < 1.29 is 72.9 Å². The van der Waals surface area contributed by atoms with Crippen LogP contribution in [0.1, 0.15) is 2.85 Å². The summed E-state index contributed by atoms with van der Waals surface area (Å²) >= 11 is 0. The molecule has 21 heavy (non-hydrogen) atoms. The predicted molar refractivity (Wildman–Crippen MR) is 64.7 cm³/mol. The summed E-state index contributed by atoms with van der Waals surface area (Å²) in [7, 11) is -18.7. The van der Waals surface area contributed by atoms with E-state index in [9.17, 15) is 0 Å². The minimum absolute atomic E-state index is 0. The van der Waals surface area contributed by atoms with Gasteiger partial charge in [0, 0.05) is 0 Å². The van der Waals surface area contributed by atoms with Crippen molar-refractivity contribution in [1.82, 2.24) is 0 Å². The number of hydrogen-bond donors (Lipinski definition) is 8. The molecule has 8 N–H and O–H groups in total. The van der Waals surface area contributed by atoms with Crippen LogP contribution >= 0.6 is 0 Å². The molecule has 16 nitrogen and oxygen atoms in total. The molecule has 0 unspecified atom stereocenters. The van der Waals surface area contributed by atoms with E-state index in [-0.39, 0.29) is 51.7 Å². The molecule has 0 saturated heterocycles. The zero-order valence-corrected chi connectivity index (χ0v) is 16.9. The Morgan fingerprint density at radius 2 is 0.381 bits per heavy atom. The number of rotatable bonds is 0. The molecule has 132 valence electrons. The second-order valence-corrected chi connectivity index (χ2v) is 5.37. The van der Waals surface area contributed by atoms with Crippen LogP contribution in [-0.2, 0) is 41.6 Å². The van der Waals surface area contributed by atoms with Crippen LogP contribution in [0.3, 0.4) is 0 Å². The zero-order valence-electron chi connectivity index (χ0n) is 11.2. The standard InChI is InChI=1S/Ba.4H2O4S.2H/c;4*1-5(2,3)4;;/h;4*(H2,1,2,3,4);;/q+2;;;;;2*-1. The fourth-order valence-electron chi connectivity index (χ4n) is 0. The first-order valence-corrected chi connectivity index (χ1v) is 8.38. The smallest absolute Gasteiger partial charge is 1.00 e. The van der Waals surface area contributed by atoms with E-state index < -0.39 is 41.6 Å². The van der Waals surface area contributed by atoms with Crippen molar-refractivity contribution in [3.05, 3.63) is 0 Å². The molecule has 0 aromatic rings. The molecule has 0 aliphatic heterocycles. The molecule has 0 bridgehead atoms. The molecule has 21 heteroatoms. The Morgan fingerprint density at radius 3 is 0.381 bits per heavy atom. The summed E-state index contributed by atoms with van der Waals surface area (Å²) in [6.45, 7) is 0. The van der Waals surface area contributed by atoms with E-state index >= 15 is 0 Å². The third-order valence-electron chi connectivity index (χ3n) is 0. The average Bonchev–Trinajstić information content (AvgIpc) is 1.62. The van der Waals surface area contributed by atoms with E-state index in [1.807, 2.05) is 0 Å². The molecule has 0 aliphatic carbocycles. The molecule has 0 heterocycles. The fourth-order valence-corrected chi connectivity index (χ4v) is 0. The molecule has 0 aliphatic rings. The summed E-state index contributed by atoms with van der Waals surface area (Å²) in [5, 5.41) is 0. The second-order valence-electron chi connectivity index (χ2n) is 1.79. The van der Waals surface area contributed by atoms with Crippen molar-refractivity contribution in [2.45, 2.75) is 0 Å². The maximum Gasteiger partial charge on any atom is 2.00 e. The molecule has 0 fully saturated rings. The van der Waals surface area contributed by atoms with Crippen LogP contribution < -0.4 is 0 Å². The van der Waals surface area contributed by atoms with E-state index in [0.29, 0.717) is 0 Å². The maximum absolute atomic E-state index is 8.74. The first kappa shape index (κ1) is 33.6. The molecule has 0 amide bonds. The summed E-state index contributed by atoms with van der Waals surface area (Å²) < 4.78 is 126. The van der Waals surface area contributed by atoms with Gasteiger partial charge in [-0.05, 0) is 0 Å². The zero-order chi connectivity index (χ0) is 18.0. The van der Waals surface area contributed by atoms with Gasteiger partial charge in [0.05, 0.1) is 0 Å². The van der Waals surface area contributed by atoms with Crippen LogP contribution in [0.4, 0.5) is 0 Å². The summed E-state index contributed by atoms with van der Waals surface area (Å²) in [5.41, 5.74) is 0. The summed E-state index contributed by atoms with van der Waals surface area (Å²) in [5.74, 6) is 0. The Kier molecular flexibility index (Phi) is 21.6. The Labute approximate surface area is 161 Å². The Balaban J connectivity index is -0.0000000284. The maximum atomic E-state index is 8.74. The molecule has 0 radical (unpaired) electrons. The predicted octanol–water partition coefficient (Wildman–Crippen LogP) is -2.77. The summed E-state index contributed by atoms with van der Waals surface area (Å²) in [4.78, 5) is 0. The van der Waals surface area contributed by atoms with Gasteiger partial charge in [-0.25, -0.2) is 0 Å². The molecular formula is H10BaO16S4. The van der Waals surface area contributed by atoms with Crippen molar-refractivity contribution in [3.8, 4) is 0 Å². The van der Waals surface area contributed by atoms with Gasteiger partial charge in [-0.2, -0.15) is 33.7 Å². The van der Waals surface area contributed by atoms with Gasteiger partial charge in [0.1, 0.15) is 0 Å². The third-order valence-corrected chi connectivity index (χ3v) is 0. The molecule has 0 aromatic carbocycles. The van der Waals surface area contributed by atoms with Crippen LogP contribution in [0.5, 0.6) is 0 Å². The molecule has 0 rings (SSSR count). The Morgan fingerprint density at radius 1 is 0.381 bits per heavy atom. The van der Waals surface area contributed by atoms with Gasteiger partial charge in [-0.1, -0.05) is 0 Å². The van der Waals surface area contributed by atoms with Crippen molar-refractivity contribution >= 4 is 90.5 Å². The van der Waals surface area contributed by atoms with Gasteiger partial charge in [0.25, 0.3) is 0 Å². The largest absolute Gasteiger partial charge is 2.00 e. The third kappa shape index (κ3) is 6910. The van der Waals surface area contributed by atoms with Gasteiger partial charge in [0.2, 0.25) is 0 Å². The molecule has 0 aromatic heterocycles. The molecule has 0 saturated carbocycles. The summed E-state index contributed by atoms with van der Waals surface area (Å²) in [6, 6.07) is 0. The van der Waals surface area contributed by atoms with E-state index in [0.717, 1.165) is 0 Å². The quantitative estimate of drug-likeness (QED) is 0.116. The van der Waals surface area contributed by atoms with Crippen molar-refractivity contribution in [3.63, 3.8) is 0 Å². The Bertz CT molecular complexity index is 483. The van der Waals surface area contributed by atoms with Crippen LogP contribution in [-0.4, -0.2) is 119 Å². The van der Waals surface area contributed by atoms with Gasteiger partial charge >= 0.3 is 90.5 Å². The molecule has 0 spiro atoms. The van der Waals surface area contributed by atoms with Crippen molar-refractivity contribution in [2.75, 3.05) is 0 Å². The van der Waals surface area contributed by atoms with Gasteiger partial charge < -0.3 is 2.85 Å². The van der Waals surface area contributed by atoms with E-state index in [1.165, 1.54) is 0 Å². The number of hydrogen-bond acceptors (Lipinski definition) is 8. The Hall–Kier alpha value is 1.05. The SMILES string of the molecule is O=S(=O)(O)O.O=S(=O)(O)O.O=S(=O)(O)O.O=S(=O)(O)O.[Ba+2].[H-].[H-]. The monoisotopic (exact) mass is 532 g/mol. The van der Waals surface area contributed by atoms with E-state index in [4.69, 9.17) is 70.1 Å². The molecular weight excluding hydrogens is 522 g/mol. The van der Waals surface area contributed by atoms with E-state index in [2.05, 4.69) is 0 Å². The summed E-state index contributed by atoms with van der Waals surface area (Å²) in [6.07, 6.45) is 0. The minimum Gasteiger partial charge on any atom is -1.00 e.